The van der Waals surface area contributed by atoms with Crippen molar-refractivity contribution in [3.8, 4) is 5.75 Å². The van der Waals surface area contributed by atoms with Gasteiger partial charge in [0.1, 0.15) is 5.75 Å². The van der Waals surface area contributed by atoms with Crippen molar-refractivity contribution in [3.05, 3.63) is 46.2 Å². The molecule has 2 aliphatic heterocycles. The predicted molar refractivity (Wildman–Crippen MR) is 105 cm³/mol. The molecule has 3 amide bonds. The van der Waals surface area contributed by atoms with Gasteiger partial charge in [0.2, 0.25) is 5.91 Å². The van der Waals surface area contributed by atoms with E-state index in [0.29, 0.717) is 5.75 Å². The van der Waals surface area contributed by atoms with Crippen molar-refractivity contribution in [2.75, 3.05) is 19.4 Å². The summed E-state index contributed by atoms with van der Waals surface area (Å²) in [6, 6.07) is 6.49. The van der Waals surface area contributed by atoms with Gasteiger partial charge in [-0.05, 0) is 41.6 Å². The highest BCUT2D eigenvalue weighted by Crippen LogP contribution is 2.32. The van der Waals surface area contributed by atoms with Crippen LogP contribution in [0.25, 0.3) is 6.08 Å². The number of benzene rings is 1. The van der Waals surface area contributed by atoms with Crippen molar-refractivity contribution in [2.24, 2.45) is 0 Å². The van der Waals surface area contributed by atoms with E-state index in [4.69, 9.17) is 4.74 Å². The van der Waals surface area contributed by atoms with Gasteiger partial charge in [-0.25, -0.2) is 8.42 Å². The van der Waals surface area contributed by atoms with Crippen molar-refractivity contribution in [1.29, 1.82) is 0 Å². The van der Waals surface area contributed by atoms with Crippen LogP contribution in [0.5, 0.6) is 5.75 Å². The van der Waals surface area contributed by atoms with Crippen molar-refractivity contribution in [2.45, 2.75) is 12.5 Å². The van der Waals surface area contributed by atoms with E-state index in [1.807, 2.05) is 0 Å². The van der Waals surface area contributed by atoms with Crippen LogP contribution in [0, 0.1) is 0 Å². The zero-order valence-corrected chi connectivity index (χ0v) is 16.6. The van der Waals surface area contributed by atoms with Crippen LogP contribution in [0.3, 0.4) is 0 Å². The fourth-order valence-electron chi connectivity index (χ4n) is 2.73. The fourth-order valence-corrected chi connectivity index (χ4v) is 4.83. The Labute approximate surface area is 166 Å². The Balaban J connectivity index is 1.58. The molecule has 2 heterocycles. The van der Waals surface area contributed by atoms with Crippen LogP contribution in [-0.4, -0.2) is 55.8 Å². The summed E-state index contributed by atoms with van der Waals surface area (Å²) >= 11 is 0.810. The van der Waals surface area contributed by atoms with Crippen molar-refractivity contribution >= 4 is 44.7 Å². The first-order valence-corrected chi connectivity index (χ1v) is 10.9. The van der Waals surface area contributed by atoms with Gasteiger partial charge in [-0.2, -0.15) is 0 Å². The number of methoxy groups -OCH3 is 1. The maximum atomic E-state index is 12.5. The molecule has 0 aromatic heterocycles. The minimum absolute atomic E-state index is 0.0743. The number of hydrogen-bond acceptors (Lipinski definition) is 7. The highest BCUT2D eigenvalue weighted by Gasteiger charge is 2.35. The number of thioether (sulfide) groups is 1. The largest absolute Gasteiger partial charge is 0.497 e. The maximum Gasteiger partial charge on any atom is 0.293 e. The van der Waals surface area contributed by atoms with Gasteiger partial charge in [-0.3, -0.25) is 19.3 Å². The van der Waals surface area contributed by atoms with E-state index < -0.39 is 32.9 Å². The highest BCUT2D eigenvalue weighted by molar-refractivity contribution is 8.18. The van der Waals surface area contributed by atoms with Crippen molar-refractivity contribution in [3.63, 3.8) is 0 Å². The summed E-state index contributed by atoms with van der Waals surface area (Å²) in [4.78, 5) is 37.9. The molecule has 2 aliphatic rings. The summed E-state index contributed by atoms with van der Waals surface area (Å²) in [6.45, 7) is -0.0743. The summed E-state index contributed by atoms with van der Waals surface area (Å²) in [6.07, 6.45) is 2.90. The Bertz CT molecular complexity index is 984. The zero-order valence-electron chi connectivity index (χ0n) is 15.0. The lowest BCUT2D eigenvalue weighted by Gasteiger charge is -2.14. The minimum Gasteiger partial charge on any atom is -0.497 e. The summed E-state index contributed by atoms with van der Waals surface area (Å²) in [7, 11) is -1.73. The Kier molecular flexibility index (Phi) is 5.90. The van der Waals surface area contributed by atoms with Gasteiger partial charge in [0.25, 0.3) is 11.1 Å². The summed E-state index contributed by atoms with van der Waals surface area (Å²) in [5, 5.41) is 3.18. The molecular weight excluding hydrogens is 404 g/mol. The third-order valence-electron chi connectivity index (χ3n) is 4.10. The van der Waals surface area contributed by atoms with E-state index in [1.165, 1.54) is 13.2 Å². The zero-order chi connectivity index (χ0) is 20.3. The van der Waals surface area contributed by atoms with E-state index in [1.54, 1.807) is 30.3 Å². The molecule has 0 bridgehead atoms. The van der Waals surface area contributed by atoms with Crippen LogP contribution in [0.1, 0.15) is 12.0 Å². The number of rotatable bonds is 6. The number of carbonyl (C=O) groups excluding carboxylic acids is 3. The molecule has 28 heavy (non-hydrogen) atoms. The number of imide groups is 1. The first-order valence-electron chi connectivity index (χ1n) is 8.37. The molecule has 3 rings (SSSR count). The molecule has 10 heteroatoms. The average Bonchev–Trinajstić information content (AvgIpc) is 3.11. The molecule has 0 spiro atoms. The van der Waals surface area contributed by atoms with Crippen LogP contribution in [-0.2, 0) is 19.4 Å². The number of ether oxygens (including phenoxy) is 1. The Morgan fingerprint density at radius 1 is 1.39 bits per heavy atom. The minimum atomic E-state index is -3.27. The molecule has 1 N–H and O–H groups in total. The number of hydrogen-bond donors (Lipinski definition) is 1. The van der Waals surface area contributed by atoms with Crippen LogP contribution in [0.2, 0.25) is 0 Å². The summed E-state index contributed by atoms with van der Waals surface area (Å²) < 4.78 is 27.8. The second-order valence-corrected chi connectivity index (χ2v) is 9.12. The van der Waals surface area contributed by atoms with Gasteiger partial charge in [-0.15, -0.1) is 0 Å². The molecule has 1 aromatic carbocycles. The molecule has 8 nitrogen and oxygen atoms in total. The monoisotopic (exact) mass is 422 g/mol. The Morgan fingerprint density at radius 2 is 2.18 bits per heavy atom. The molecule has 1 aromatic rings. The van der Waals surface area contributed by atoms with Gasteiger partial charge in [-0.1, -0.05) is 12.1 Å². The summed E-state index contributed by atoms with van der Waals surface area (Å²) in [5.41, 5.74) is 0.719. The van der Waals surface area contributed by atoms with Crippen LogP contribution >= 0.6 is 11.8 Å². The van der Waals surface area contributed by atoms with Gasteiger partial charge in [0.15, 0.2) is 9.84 Å². The molecular formula is C18H18N2O6S2. The number of amides is 3. The molecule has 1 saturated heterocycles. The Hall–Kier alpha value is -2.59. The molecule has 0 saturated carbocycles. The van der Waals surface area contributed by atoms with Crippen molar-refractivity contribution < 1.29 is 27.5 Å². The second-order valence-electron chi connectivity index (χ2n) is 6.19. The number of nitrogens with zero attached hydrogens (tertiary/aromatic N) is 1. The first kappa shape index (κ1) is 20.2. The van der Waals surface area contributed by atoms with Gasteiger partial charge in [0.05, 0.1) is 23.8 Å². The Morgan fingerprint density at radius 3 is 2.86 bits per heavy atom. The van der Waals surface area contributed by atoms with Gasteiger partial charge >= 0.3 is 0 Å². The number of carbonyl (C=O) groups is 3. The maximum absolute atomic E-state index is 12.5. The highest BCUT2D eigenvalue weighted by atomic mass is 32.2. The number of sulfone groups is 1. The molecule has 0 radical (unpaired) electrons. The van der Waals surface area contributed by atoms with E-state index >= 15 is 0 Å². The van der Waals surface area contributed by atoms with E-state index in [0.717, 1.165) is 27.6 Å². The smallest absolute Gasteiger partial charge is 0.293 e. The molecule has 1 atom stereocenters. The van der Waals surface area contributed by atoms with Gasteiger partial charge in [0, 0.05) is 18.4 Å². The van der Waals surface area contributed by atoms with Gasteiger partial charge < -0.3 is 10.1 Å². The lowest BCUT2D eigenvalue weighted by Crippen LogP contribution is -2.38. The van der Waals surface area contributed by atoms with Crippen molar-refractivity contribution in [1.82, 2.24) is 10.2 Å². The van der Waals surface area contributed by atoms with E-state index in [2.05, 4.69) is 5.32 Å². The normalized spacial score (nSPS) is 22.1. The second kappa shape index (κ2) is 8.19. The predicted octanol–water partition coefficient (Wildman–Crippen LogP) is 1.55. The molecule has 0 aliphatic carbocycles. The molecule has 1 fully saturated rings. The fraction of sp³-hybridized carbons (Fsp3) is 0.278. The first-order chi connectivity index (χ1) is 13.3. The topological polar surface area (TPSA) is 110 Å². The quantitative estimate of drug-likeness (QED) is 0.693. The van der Waals surface area contributed by atoms with Crippen LogP contribution in [0.15, 0.2) is 40.7 Å². The lowest BCUT2D eigenvalue weighted by molar-refractivity contribution is -0.124. The SMILES string of the molecule is COc1cccc(/C=C2\SC(=O)N(CCC(=O)N[C@@H]3C=CS(=O)(=O)C3)C2=O)c1. The molecule has 0 unspecified atom stereocenters. The standard InChI is InChI=1S/C18H18N2O6S2/c1-26-14-4-2-3-12(9-14)10-15-17(22)20(18(23)27-15)7-5-16(21)19-13-6-8-28(24,25)11-13/h2-4,6,8-10,13H,5,7,11H2,1H3,(H,19,21)/b15-10-/t13-/m1/s1. The third-order valence-corrected chi connectivity index (χ3v) is 6.41. The van der Waals surface area contributed by atoms with E-state index in [-0.39, 0.29) is 23.6 Å². The van der Waals surface area contributed by atoms with Crippen LogP contribution < -0.4 is 10.1 Å². The summed E-state index contributed by atoms with van der Waals surface area (Å²) in [5.74, 6) is -0.437. The third kappa shape index (κ3) is 4.82. The number of nitrogens with one attached hydrogen (secondary N) is 1. The lowest BCUT2D eigenvalue weighted by atomic mass is 10.2. The molecule has 148 valence electrons. The average molecular weight is 422 g/mol. The van der Waals surface area contributed by atoms with Crippen LogP contribution in [0.4, 0.5) is 4.79 Å². The van der Waals surface area contributed by atoms with E-state index in [9.17, 15) is 22.8 Å².